The summed E-state index contributed by atoms with van der Waals surface area (Å²) in [6, 6.07) is 13.4. The molecule has 1 fully saturated rings. The predicted octanol–water partition coefficient (Wildman–Crippen LogP) is 4.80. The van der Waals surface area contributed by atoms with Gasteiger partial charge in [-0.25, -0.2) is 4.79 Å². The van der Waals surface area contributed by atoms with E-state index in [1.165, 1.54) is 18.2 Å². The van der Waals surface area contributed by atoms with Crippen LogP contribution in [0.3, 0.4) is 0 Å². The zero-order valence-corrected chi connectivity index (χ0v) is 20.0. The molecule has 0 spiro atoms. The maximum Gasteiger partial charge on any atom is 0.341 e. The van der Waals surface area contributed by atoms with Gasteiger partial charge in [0.05, 0.1) is 17.4 Å². The van der Waals surface area contributed by atoms with Crippen LogP contribution in [-0.2, 0) is 14.3 Å². The molecule has 2 aromatic carbocycles. The van der Waals surface area contributed by atoms with Crippen LogP contribution in [0.1, 0.15) is 29.3 Å². The van der Waals surface area contributed by atoms with Crippen LogP contribution < -0.4 is 10.2 Å². The number of esters is 1. The molecule has 2 heterocycles. The molecular weight excluding hydrogens is 470 g/mol. The number of non-ortho nitro benzene ring substituents is 1. The standard InChI is InChI=1S/C25H23N3O6S/c1-3-34-25(31)22-20(16-5-4-6-19(11-16)28(32)33)14-35-24(22)26-23(30)17-12-21(29)27(13-17)18-9-7-15(2)8-10-18/h4-11,14,17H,3,12-13H2,1-2H3,(H,26,30). The maximum atomic E-state index is 13.1. The van der Waals surface area contributed by atoms with Crippen LogP contribution >= 0.6 is 11.3 Å². The number of ether oxygens (including phenoxy) is 1. The third kappa shape index (κ3) is 5.07. The normalized spacial score (nSPS) is 15.2. The Morgan fingerprint density at radius 2 is 1.97 bits per heavy atom. The SMILES string of the molecule is CCOC(=O)c1c(-c2cccc([N+](=O)[O-])c2)csc1NC(=O)C1CC(=O)N(c2ccc(C)cc2)C1. The number of aryl methyl sites for hydroxylation is 1. The fraction of sp³-hybridized carbons (Fsp3) is 0.240. The quantitative estimate of drug-likeness (QED) is 0.287. The molecule has 180 valence electrons. The molecule has 1 saturated heterocycles. The number of nitro groups is 1. The second-order valence-electron chi connectivity index (χ2n) is 8.11. The summed E-state index contributed by atoms with van der Waals surface area (Å²) in [6.07, 6.45) is 0.0531. The molecule has 10 heteroatoms. The molecule has 35 heavy (non-hydrogen) atoms. The number of carbonyl (C=O) groups excluding carboxylic acids is 3. The first kappa shape index (κ1) is 24.1. The number of carbonyl (C=O) groups is 3. The highest BCUT2D eigenvalue weighted by atomic mass is 32.1. The number of nitro benzene ring substituents is 1. The number of benzene rings is 2. The molecule has 3 aromatic rings. The lowest BCUT2D eigenvalue weighted by atomic mass is 10.0. The highest BCUT2D eigenvalue weighted by molar-refractivity contribution is 7.15. The highest BCUT2D eigenvalue weighted by Crippen LogP contribution is 2.38. The molecule has 4 rings (SSSR count). The van der Waals surface area contributed by atoms with Crippen molar-refractivity contribution in [3.05, 3.63) is 75.2 Å². The zero-order valence-electron chi connectivity index (χ0n) is 19.1. The Balaban J connectivity index is 1.59. The predicted molar refractivity (Wildman–Crippen MR) is 133 cm³/mol. The van der Waals surface area contributed by atoms with E-state index in [0.717, 1.165) is 22.6 Å². The Morgan fingerprint density at radius 1 is 1.23 bits per heavy atom. The van der Waals surface area contributed by atoms with Gasteiger partial charge in [0, 0.05) is 41.7 Å². The first-order chi connectivity index (χ1) is 16.8. The van der Waals surface area contributed by atoms with E-state index in [1.807, 2.05) is 31.2 Å². The van der Waals surface area contributed by atoms with E-state index in [0.29, 0.717) is 11.1 Å². The smallest absolute Gasteiger partial charge is 0.341 e. The number of thiophene rings is 1. The molecule has 1 aliphatic heterocycles. The molecule has 1 N–H and O–H groups in total. The van der Waals surface area contributed by atoms with Crippen molar-refractivity contribution in [2.75, 3.05) is 23.4 Å². The molecule has 1 aromatic heterocycles. The summed E-state index contributed by atoms with van der Waals surface area (Å²) in [6.45, 7) is 3.97. The summed E-state index contributed by atoms with van der Waals surface area (Å²) < 4.78 is 5.20. The van der Waals surface area contributed by atoms with Crippen LogP contribution in [0, 0.1) is 23.0 Å². The molecule has 1 atom stereocenters. The lowest BCUT2D eigenvalue weighted by molar-refractivity contribution is -0.384. The van der Waals surface area contributed by atoms with Gasteiger partial charge in [-0.1, -0.05) is 29.8 Å². The Morgan fingerprint density at radius 3 is 2.66 bits per heavy atom. The summed E-state index contributed by atoms with van der Waals surface area (Å²) in [4.78, 5) is 50.7. The van der Waals surface area contributed by atoms with Crippen LogP contribution in [-0.4, -0.2) is 35.9 Å². The fourth-order valence-corrected chi connectivity index (χ4v) is 4.89. The van der Waals surface area contributed by atoms with Crippen LogP contribution in [0.2, 0.25) is 0 Å². The van der Waals surface area contributed by atoms with E-state index in [4.69, 9.17) is 4.74 Å². The second kappa shape index (κ2) is 10.1. The zero-order chi connectivity index (χ0) is 25.1. The third-order valence-electron chi connectivity index (χ3n) is 5.72. The van der Waals surface area contributed by atoms with Gasteiger partial charge in [-0.3, -0.25) is 19.7 Å². The highest BCUT2D eigenvalue weighted by Gasteiger charge is 2.36. The van der Waals surface area contributed by atoms with Crippen molar-refractivity contribution in [3.63, 3.8) is 0 Å². The van der Waals surface area contributed by atoms with Crippen LogP contribution in [0.15, 0.2) is 53.9 Å². The summed E-state index contributed by atoms with van der Waals surface area (Å²) in [7, 11) is 0. The molecule has 0 saturated carbocycles. The Labute approximate surface area is 205 Å². The molecule has 0 radical (unpaired) electrons. The van der Waals surface area contributed by atoms with Crippen LogP contribution in [0.5, 0.6) is 0 Å². The van der Waals surface area contributed by atoms with Gasteiger partial charge in [-0.15, -0.1) is 11.3 Å². The number of nitrogens with zero attached hydrogens (tertiary/aromatic N) is 2. The largest absolute Gasteiger partial charge is 0.462 e. The topological polar surface area (TPSA) is 119 Å². The first-order valence-corrected chi connectivity index (χ1v) is 11.9. The average Bonchev–Trinajstić information content (AvgIpc) is 3.43. The van der Waals surface area contributed by atoms with Gasteiger partial charge in [-0.05, 0) is 31.5 Å². The van der Waals surface area contributed by atoms with Gasteiger partial charge < -0.3 is 15.0 Å². The molecule has 9 nitrogen and oxygen atoms in total. The lowest BCUT2D eigenvalue weighted by Crippen LogP contribution is -2.28. The minimum atomic E-state index is -0.644. The van der Waals surface area contributed by atoms with Gasteiger partial charge in [-0.2, -0.15) is 0 Å². The summed E-state index contributed by atoms with van der Waals surface area (Å²) >= 11 is 1.12. The van der Waals surface area contributed by atoms with Crippen LogP contribution in [0.4, 0.5) is 16.4 Å². The van der Waals surface area contributed by atoms with Gasteiger partial charge >= 0.3 is 5.97 Å². The van der Waals surface area contributed by atoms with Crippen molar-refractivity contribution < 1.29 is 24.0 Å². The monoisotopic (exact) mass is 493 g/mol. The summed E-state index contributed by atoms with van der Waals surface area (Å²) in [5.41, 5.74) is 2.70. The van der Waals surface area contributed by atoms with E-state index in [2.05, 4.69) is 5.32 Å². The molecule has 0 bridgehead atoms. The minimum Gasteiger partial charge on any atom is -0.462 e. The van der Waals surface area contributed by atoms with Gasteiger partial charge in [0.15, 0.2) is 0 Å². The van der Waals surface area contributed by atoms with Crippen molar-refractivity contribution in [2.24, 2.45) is 5.92 Å². The molecular formula is C25H23N3O6S. The molecule has 0 aliphatic carbocycles. The third-order valence-corrected chi connectivity index (χ3v) is 6.61. The van der Waals surface area contributed by atoms with E-state index >= 15 is 0 Å². The number of hydrogen-bond acceptors (Lipinski definition) is 7. The molecule has 1 aliphatic rings. The Kier molecular flexibility index (Phi) is 6.92. The number of hydrogen-bond donors (Lipinski definition) is 1. The number of nitrogens with one attached hydrogen (secondary N) is 1. The van der Waals surface area contributed by atoms with E-state index in [9.17, 15) is 24.5 Å². The number of amides is 2. The molecule has 2 amide bonds. The molecule has 1 unspecified atom stereocenters. The fourth-order valence-electron chi connectivity index (χ4n) is 3.93. The van der Waals surface area contributed by atoms with Gasteiger partial charge in [0.25, 0.3) is 5.69 Å². The Hall–Kier alpha value is -4.05. The Bertz CT molecular complexity index is 1300. The second-order valence-corrected chi connectivity index (χ2v) is 8.99. The van der Waals surface area contributed by atoms with E-state index < -0.39 is 16.8 Å². The van der Waals surface area contributed by atoms with Crippen molar-refractivity contribution in [3.8, 4) is 11.1 Å². The van der Waals surface area contributed by atoms with E-state index in [1.54, 1.807) is 23.3 Å². The summed E-state index contributed by atoms with van der Waals surface area (Å²) in [5.74, 6) is -1.77. The lowest BCUT2D eigenvalue weighted by Gasteiger charge is -2.17. The van der Waals surface area contributed by atoms with Crippen molar-refractivity contribution in [1.82, 2.24) is 0 Å². The number of anilines is 2. The first-order valence-electron chi connectivity index (χ1n) is 11.0. The van der Waals surface area contributed by atoms with Crippen molar-refractivity contribution in [2.45, 2.75) is 20.3 Å². The van der Waals surface area contributed by atoms with Crippen LogP contribution in [0.25, 0.3) is 11.1 Å². The van der Waals surface area contributed by atoms with E-state index in [-0.39, 0.29) is 47.6 Å². The number of rotatable bonds is 7. The van der Waals surface area contributed by atoms with Crippen molar-refractivity contribution in [1.29, 1.82) is 0 Å². The van der Waals surface area contributed by atoms with Gasteiger partial charge in [0.1, 0.15) is 10.6 Å². The summed E-state index contributed by atoms with van der Waals surface area (Å²) in [5, 5.41) is 15.9. The van der Waals surface area contributed by atoms with Gasteiger partial charge in [0.2, 0.25) is 11.8 Å². The maximum absolute atomic E-state index is 13.1. The van der Waals surface area contributed by atoms with Crippen molar-refractivity contribution >= 4 is 45.5 Å². The average molecular weight is 494 g/mol. The minimum absolute atomic E-state index is 0.0531.